The largest absolute Gasteiger partial charge is 0.328 e. The molecule has 1 unspecified atom stereocenters. The molecule has 0 aliphatic heterocycles. The number of nitrogens with two attached hydrogens (primary N) is 1. The fraction of sp³-hybridized carbons (Fsp3) is 1.00. The van der Waals surface area contributed by atoms with Crippen LogP contribution in [0, 0.1) is 11.8 Å². The second kappa shape index (κ2) is 3.97. The van der Waals surface area contributed by atoms with Gasteiger partial charge < -0.3 is 11.1 Å². The van der Waals surface area contributed by atoms with Crippen LogP contribution in [0.2, 0.25) is 0 Å². The summed E-state index contributed by atoms with van der Waals surface area (Å²) < 4.78 is 0. The molecule has 2 heteroatoms. The summed E-state index contributed by atoms with van der Waals surface area (Å²) in [4.78, 5) is 0. The first-order chi connectivity index (χ1) is 6.31. The van der Waals surface area contributed by atoms with E-state index in [0.717, 1.165) is 17.9 Å². The van der Waals surface area contributed by atoms with Gasteiger partial charge in [-0.05, 0) is 57.4 Å². The Hall–Kier alpha value is -0.0800. The van der Waals surface area contributed by atoms with Gasteiger partial charge in [0.25, 0.3) is 0 Å². The van der Waals surface area contributed by atoms with Gasteiger partial charge in [-0.15, -0.1) is 0 Å². The van der Waals surface area contributed by atoms with Crippen molar-refractivity contribution in [2.45, 2.75) is 50.6 Å². The first-order valence-corrected chi connectivity index (χ1v) is 5.74. The predicted molar refractivity (Wildman–Crippen MR) is 55.5 cm³/mol. The van der Waals surface area contributed by atoms with Crippen LogP contribution < -0.4 is 11.1 Å². The molecule has 2 rings (SSSR count). The molecule has 0 radical (unpaired) electrons. The molecule has 0 heterocycles. The zero-order valence-corrected chi connectivity index (χ0v) is 8.63. The molecule has 0 aromatic heterocycles. The number of hydrogen-bond donors (Lipinski definition) is 2. The van der Waals surface area contributed by atoms with Crippen LogP contribution in [-0.2, 0) is 0 Å². The lowest BCUT2D eigenvalue weighted by atomic mass is 9.80. The molecular formula is C11H22N2. The standard InChI is InChI=1S/C11H22N2/c1-13-11(8-2-3-8)9-4-6-10(12)7-5-9/h8-11,13H,2-7,12H2,1H3. The minimum absolute atomic E-state index is 0.493. The topological polar surface area (TPSA) is 38.0 Å². The zero-order chi connectivity index (χ0) is 9.26. The molecule has 13 heavy (non-hydrogen) atoms. The average molecular weight is 182 g/mol. The van der Waals surface area contributed by atoms with Crippen molar-refractivity contribution in [2.24, 2.45) is 17.6 Å². The summed E-state index contributed by atoms with van der Waals surface area (Å²) >= 11 is 0. The van der Waals surface area contributed by atoms with Gasteiger partial charge in [-0.2, -0.15) is 0 Å². The molecule has 2 aliphatic rings. The van der Waals surface area contributed by atoms with Gasteiger partial charge >= 0.3 is 0 Å². The van der Waals surface area contributed by atoms with E-state index in [4.69, 9.17) is 5.73 Å². The third-order valence-electron chi connectivity index (χ3n) is 3.79. The lowest BCUT2D eigenvalue weighted by molar-refractivity contribution is 0.242. The molecule has 3 N–H and O–H groups in total. The van der Waals surface area contributed by atoms with E-state index in [1.54, 1.807) is 0 Å². The second-order valence-corrected chi connectivity index (χ2v) is 4.83. The van der Waals surface area contributed by atoms with Gasteiger partial charge in [0.1, 0.15) is 0 Å². The molecule has 0 spiro atoms. The number of hydrogen-bond acceptors (Lipinski definition) is 2. The highest BCUT2D eigenvalue weighted by Crippen LogP contribution is 2.39. The number of nitrogens with one attached hydrogen (secondary N) is 1. The normalized spacial score (nSPS) is 37.4. The molecule has 2 saturated carbocycles. The lowest BCUT2D eigenvalue weighted by Crippen LogP contribution is -2.39. The van der Waals surface area contributed by atoms with Crippen LogP contribution in [0.1, 0.15) is 38.5 Å². The van der Waals surface area contributed by atoms with Gasteiger partial charge in [0, 0.05) is 12.1 Å². The third-order valence-corrected chi connectivity index (χ3v) is 3.79. The third kappa shape index (κ3) is 2.23. The summed E-state index contributed by atoms with van der Waals surface area (Å²) in [6.45, 7) is 0. The van der Waals surface area contributed by atoms with Crippen molar-refractivity contribution in [3.05, 3.63) is 0 Å². The van der Waals surface area contributed by atoms with Crippen molar-refractivity contribution in [2.75, 3.05) is 7.05 Å². The van der Waals surface area contributed by atoms with Crippen molar-refractivity contribution in [1.29, 1.82) is 0 Å². The van der Waals surface area contributed by atoms with Gasteiger partial charge in [-0.1, -0.05) is 0 Å². The van der Waals surface area contributed by atoms with Gasteiger partial charge in [0.05, 0.1) is 0 Å². The first kappa shape index (κ1) is 9.47. The summed E-state index contributed by atoms with van der Waals surface area (Å²) in [5, 5.41) is 3.51. The van der Waals surface area contributed by atoms with E-state index in [9.17, 15) is 0 Å². The fourth-order valence-corrected chi connectivity index (χ4v) is 2.82. The molecule has 0 aromatic carbocycles. The maximum atomic E-state index is 5.91. The van der Waals surface area contributed by atoms with E-state index in [1.165, 1.54) is 38.5 Å². The quantitative estimate of drug-likeness (QED) is 0.694. The highest BCUT2D eigenvalue weighted by atomic mass is 14.9. The molecule has 0 amide bonds. The molecule has 1 atom stereocenters. The van der Waals surface area contributed by atoms with E-state index >= 15 is 0 Å². The second-order valence-electron chi connectivity index (χ2n) is 4.83. The molecule has 2 aliphatic carbocycles. The Kier molecular flexibility index (Phi) is 2.89. The minimum Gasteiger partial charge on any atom is -0.328 e. The van der Waals surface area contributed by atoms with Crippen molar-refractivity contribution in [3.63, 3.8) is 0 Å². The monoisotopic (exact) mass is 182 g/mol. The van der Waals surface area contributed by atoms with E-state index in [0.29, 0.717) is 6.04 Å². The van der Waals surface area contributed by atoms with E-state index in [1.807, 2.05) is 0 Å². The van der Waals surface area contributed by atoms with Crippen LogP contribution in [0.15, 0.2) is 0 Å². The average Bonchev–Trinajstić information content (AvgIpc) is 2.93. The fourth-order valence-electron chi connectivity index (χ4n) is 2.82. The SMILES string of the molecule is CNC(C1CCC(N)CC1)C1CC1. The first-order valence-electron chi connectivity index (χ1n) is 5.74. The smallest absolute Gasteiger partial charge is 0.0121 e. The Morgan fingerprint density at radius 2 is 1.46 bits per heavy atom. The van der Waals surface area contributed by atoms with Crippen molar-refractivity contribution < 1.29 is 0 Å². The number of rotatable bonds is 3. The van der Waals surface area contributed by atoms with Crippen molar-refractivity contribution >= 4 is 0 Å². The van der Waals surface area contributed by atoms with Crippen LogP contribution in [0.4, 0.5) is 0 Å². The molecule has 0 saturated heterocycles. The lowest BCUT2D eigenvalue weighted by Gasteiger charge is -2.32. The molecule has 0 aromatic rings. The van der Waals surface area contributed by atoms with E-state index in [2.05, 4.69) is 12.4 Å². The van der Waals surface area contributed by atoms with Crippen LogP contribution >= 0.6 is 0 Å². The van der Waals surface area contributed by atoms with Gasteiger partial charge in [0.15, 0.2) is 0 Å². The van der Waals surface area contributed by atoms with Crippen molar-refractivity contribution in [3.8, 4) is 0 Å². The highest BCUT2D eigenvalue weighted by molar-refractivity contribution is 4.92. The van der Waals surface area contributed by atoms with E-state index in [-0.39, 0.29) is 0 Å². The maximum Gasteiger partial charge on any atom is 0.0121 e. The Labute approximate surface area is 81.3 Å². The van der Waals surface area contributed by atoms with Crippen LogP contribution in [0.25, 0.3) is 0 Å². The van der Waals surface area contributed by atoms with Crippen LogP contribution in [0.5, 0.6) is 0 Å². The Morgan fingerprint density at radius 1 is 1.00 bits per heavy atom. The summed E-state index contributed by atoms with van der Waals surface area (Å²) in [6.07, 6.45) is 8.10. The Bertz CT molecular complexity index is 157. The summed E-state index contributed by atoms with van der Waals surface area (Å²) in [5.74, 6) is 1.90. The Morgan fingerprint density at radius 3 is 1.85 bits per heavy atom. The molecule has 76 valence electrons. The Balaban J connectivity index is 1.84. The predicted octanol–water partition coefficient (Wildman–Crippen LogP) is 1.50. The molecule has 0 bridgehead atoms. The zero-order valence-electron chi connectivity index (χ0n) is 8.63. The van der Waals surface area contributed by atoms with E-state index < -0.39 is 0 Å². The molecular weight excluding hydrogens is 160 g/mol. The van der Waals surface area contributed by atoms with Crippen molar-refractivity contribution in [1.82, 2.24) is 5.32 Å². The molecule has 2 fully saturated rings. The summed E-state index contributed by atoms with van der Waals surface area (Å²) in [7, 11) is 2.12. The van der Waals surface area contributed by atoms with Gasteiger partial charge in [-0.3, -0.25) is 0 Å². The summed E-state index contributed by atoms with van der Waals surface area (Å²) in [6, 6.07) is 1.29. The molecule has 2 nitrogen and oxygen atoms in total. The van der Waals surface area contributed by atoms with Crippen LogP contribution in [-0.4, -0.2) is 19.1 Å². The van der Waals surface area contributed by atoms with Gasteiger partial charge in [0.2, 0.25) is 0 Å². The van der Waals surface area contributed by atoms with Crippen LogP contribution in [0.3, 0.4) is 0 Å². The van der Waals surface area contributed by atoms with Gasteiger partial charge in [-0.25, -0.2) is 0 Å². The summed E-state index contributed by atoms with van der Waals surface area (Å²) in [5.41, 5.74) is 5.91. The maximum absolute atomic E-state index is 5.91. The minimum atomic E-state index is 0.493. The highest BCUT2D eigenvalue weighted by Gasteiger charge is 2.36.